The Balaban J connectivity index is 1.54. The molecule has 4 aliphatic carbocycles. The number of aliphatic hydroxyl groups is 1. The summed E-state index contributed by atoms with van der Waals surface area (Å²) in [4.78, 5) is 0. The summed E-state index contributed by atoms with van der Waals surface area (Å²) in [5.74, 6) is 4.32. The summed E-state index contributed by atoms with van der Waals surface area (Å²) in [6, 6.07) is 0. The lowest BCUT2D eigenvalue weighted by molar-refractivity contribution is -0.0336. The molecular weight excluding hydrogens is 364 g/mol. The van der Waals surface area contributed by atoms with Crippen molar-refractivity contribution in [2.75, 3.05) is 0 Å². The Morgan fingerprint density at radius 2 is 1.80 bits per heavy atom. The van der Waals surface area contributed by atoms with Crippen LogP contribution in [0.25, 0.3) is 0 Å². The van der Waals surface area contributed by atoms with E-state index in [9.17, 15) is 5.11 Å². The first-order valence-corrected chi connectivity index (χ1v) is 13.2. The highest BCUT2D eigenvalue weighted by Gasteiger charge is 2.56. The van der Waals surface area contributed by atoms with Crippen LogP contribution in [-0.2, 0) is 0 Å². The largest absolute Gasteiger partial charge is 0.393 e. The third-order valence-corrected chi connectivity index (χ3v) is 11.0. The van der Waals surface area contributed by atoms with Crippen LogP contribution in [-0.4, -0.2) is 11.2 Å². The van der Waals surface area contributed by atoms with E-state index in [1.165, 1.54) is 63.4 Å². The van der Waals surface area contributed by atoms with Crippen molar-refractivity contribution in [1.29, 1.82) is 0 Å². The van der Waals surface area contributed by atoms with Gasteiger partial charge in [-0.3, -0.25) is 0 Å². The van der Waals surface area contributed by atoms with Crippen LogP contribution >= 0.6 is 0 Å². The molecule has 0 radical (unpaired) electrons. The zero-order valence-electron chi connectivity index (χ0n) is 20.8. The standard InChI is InChI=1S/C29H48O/c1-18(2)19(3)8-9-20(4)23-12-13-25-22-10-11-24-21(5)27(30)15-17-29(24,7)26(22)14-16-28(23,25)6/h18,20-21,23-25,27,30H,3,8-17H2,1-2,4-7H3/t20-,21?,23-,24+,25?,27+,28-,29+/m1/s1. The molecule has 170 valence electrons. The van der Waals surface area contributed by atoms with Crippen molar-refractivity contribution in [3.8, 4) is 0 Å². The Morgan fingerprint density at radius 3 is 2.50 bits per heavy atom. The van der Waals surface area contributed by atoms with Gasteiger partial charge in [-0.05, 0) is 111 Å². The summed E-state index contributed by atoms with van der Waals surface area (Å²) >= 11 is 0. The lowest BCUT2D eigenvalue weighted by atomic mass is 9.49. The molecule has 0 aromatic rings. The molecule has 0 heterocycles. The molecule has 0 amide bonds. The van der Waals surface area contributed by atoms with Gasteiger partial charge < -0.3 is 5.11 Å². The van der Waals surface area contributed by atoms with E-state index in [1.54, 1.807) is 0 Å². The van der Waals surface area contributed by atoms with E-state index < -0.39 is 0 Å². The molecule has 0 bridgehead atoms. The second kappa shape index (κ2) is 8.09. The van der Waals surface area contributed by atoms with Crippen LogP contribution in [0.1, 0.15) is 106 Å². The second-order valence-corrected chi connectivity index (χ2v) is 12.6. The van der Waals surface area contributed by atoms with Crippen molar-refractivity contribution in [2.45, 2.75) is 112 Å². The molecule has 8 atom stereocenters. The molecule has 0 saturated heterocycles. The fourth-order valence-electron chi connectivity index (χ4n) is 8.79. The van der Waals surface area contributed by atoms with Gasteiger partial charge in [0.05, 0.1) is 6.10 Å². The smallest absolute Gasteiger partial charge is 0.0569 e. The predicted octanol–water partition coefficient (Wildman–Crippen LogP) is 7.94. The normalized spacial score (nSPS) is 44.5. The lowest BCUT2D eigenvalue weighted by Crippen LogP contribution is -2.49. The summed E-state index contributed by atoms with van der Waals surface area (Å²) in [6.07, 6.45) is 12.9. The van der Waals surface area contributed by atoms with Gasteiger partial charge in [-0.25, -0.2) is 0 Å². The average molecular weight is 413 g/mol. The van der Waals surface area contributed by atoms with Gasteiger partial charge in [-0.15, -0.1) is 0 Å². The Labute approximate surface area is 186 Å². The van der Waals surface area contributed by atoms with Gasteiger partial charge in [-0.1, -0.05) is 64.8 Å². The molecule has 4 rings (SSSR count). The van der Waals surface area contributed by atoms with Crippen LogP contribution in [0.3, 0.4) is 0 Å². The van der Waals surface area contributed by atoms with E-state index in [0.717, 1.165) is 24.2 Å². The summed E-state index contributed by atoms with van der Waals surface area (Å²) < 4.78 is 0. The molecule has 2 fully saturated rings. The van der Waals surface area contributed by atoms with E-state index in [-0.39, 0.29) is 6.10 Å². The van der Waals surface area contributed by atoms with Crippen molar-refractivity contribution >= 4 is 0 Å². The minimum Gasteiger partial charge on any atom is -0.393 e. The van der Waals surface area contributed by atoms with E-state index >= 15 is 0 Å². The van der Waals surface area contributed by atoms with Crippen LogP contribution < -0.4 is 0 Å². The number of aliphatic hydroxyl groups excluding tert-OH is 1. The SMILES string of the molecule is C=C(CC[C@@H](C)[C@H]1CCC2C3=C(CC[C@@]21C)[C@@]1(C)CC[C@H](O)C(C)[C@@H]1CC3)C(C)C. The number of rotatable bonds is 5. The Hall–Kier alpha value is -0.560. The van der Waals surface area contributed by atoms with Crippen LogP contribution in [0, 0.1) is 46.3 Å². The summed E-state index contributed by atoms with van der Waals surface area (Å²) in [7, 11) is 0. The van der Waals surface area contributed by atoms with Crippen LogP contribution in [0.5, 0.6) is 0 Å². The van der Waals surface area contributed by atoms with Crippen molar-refractivity contribution in [3.05, 3.63) is 23.3 Å². The summed E-state index contributed by atoms with van der Waals surface area (Å²) in [5.41, 5.74) is 6.08. The molecule has 1 N–H and O–H groups in total. The lowest BCUT2D eigenvalue weighted by Gasteiger charge is -2.56. The van der Waals surface area contributed by atoms with Crippen LogP contribution in [0.4, 0.5) is 0 Å². The first-order chi connectivity index (χ1) is 14.1. The maximum absolute atomic E-state index is 10.5. The highest BCUT2D eigenvalue weighted by Crippen LogP contribution is 2.66. The van der Waals surface area contributed by atoms with Crippen molar-refractivity contribution in [1.82, 2.24) is 0 Å². The van der Waals surface area contributed by atoms with E-state index in [4.69, 9.17) is 0 Å². The molecule has 4 aliphatic rings. The molecule has 0 aromatic heterocycles. The van der Waals surface area contributed by atoms with Gasteiger partial charge in [0.2, 0.25) is 0 Å². The number of hydrogen-bond acceptors (Lipinski definition) is 1. The molecule has 1 nitrogen and oxygen atoms in total. The fourth-order valence-corrected chi connectivity index (χ4v) is 8.79. The second-order valence-electron chi connectivity index (χ2n) is 12.6. The van der Waals surface area contributed by atoms with Crippen molar-refractivity contribution < 1.29 is 5.11 Å². The fraction of sp³-hybridized carbons (Fsp3) is 0.862. The van der Waals surface area contributed by atoms with E-state index in [1.807, 2.05) is 11.1 Å². The topological polar surface area (TPSA) is 20.2 Å². The van der Waals surface area contributed by atoms with Crippen LogP contribution in [0.2, 0.25) is 0 Å². The highest BCUT2D eigenvalue weighted by atomic mass is 16.3. The predicted molar refractivity (Wildman–Crippen MR) is 128 cm³/mol. The number of fused-ring (bicyclic) bond motifs is 4. The monoisotopic (exact) mass is 412 g/mol. The van der Waals surface area contributed by atoms with Gasteiger partial charge in [0.25, 0.3) is 0 Å². The van der Waals surface area contributed by atoms with E-state index in [2.05, 4.69) is 48.1 Å². The van der Waals surface area contributed by atoms with E-state index in [0.29, 0.717) is 28.6 Å². The molecule has 0 aromatic carbocycles. The zero-order chi connectivity index (χ0) is 21.8. The molecule has 30 heavy (non-hydrogen) atoms. The number of allylic oxidation sites excluding steroid dienone is 3. The minimum absolute atomic E-state index is 0.0728. The molecule has 0 aliphatic heterocycles. The van der Waals surface area contributed by atoms with Crippen molar-refractivity contribution in [3.63, 3.8) is 0 Å². The maximum atomic E-state index is 10.5. The third-order valence-electron chi connectivity index (χ3n) is 11.0. The Kier molecular flexibility index (Phi) is 6.10. The van der Waals surface area contributed by atoms with Gasteiger partial charge in [0.1, 0.15) is 0 Å². The molecule has 2 unspecified atom stereocenters. The molecule has 0 spiro atoms. The molecule has 2 saturated carbocycles. The maximum Gasteiger partial charge on any atom is 0.0569 e. The Bertz CT molecular complexity index is 701. The number of hydrogen-bond donors (Lipinski definition) is 1. The first kappa shape index (κ1) is 22.6. The Morgan fingerprint density at radius 1 is 1.07 bits per heavy atom. The zero-order valence-corrected chi connectivity index (χ0v) is 20.8. The van der Waals surface area contributed by atoms with Gasteiger partial charge in [0, 0.05) is 0 Å². The third kappa shape index (κ3) is 3.46. The quantitative estimate of drug-likeness (QED) is 0.454. The van der Waals surface area contributed by atoms with Gasteiger partial charge >= 0.3 is 0 Å². The summed E-state index contributed by atoms with van der Waals surface area (Å²) in [5, 5.41) is 10.5. The minimum atomic E-state index is -0.0728. The van der Waals surface area contributed by atoms with Gasteiger partial charge in [-0.2, -0.15) is 0 Å². The van der Waals surface area contributed by atoms with Crippen LogP contribution in [0.15, 0.2) is 23.3 Å². The van der Waals surface area contributed by atoms with Gasteiger partial charge in [0.15, 0.2) is 0 Å². The summed E-state index contributed by atoms with van der Waals surface area (Å²) in [6.45, 7) is 19.0. The average Bonchev–Trinajstić information content (AvgIpc) is 3.06. The van der Waals surface area contributed by atoms with Crippen molar-refractivity contribution in [2.24, 2.45) is 46.3 Å². The first-order valence-electron chi connectivity index (χ1n) is 13.2. The molecular formula is C29H48O. The highest BCUT2D eigenvalue weighted by molar-refractivity contribution is 5.34. The molecule has 1 heteroatoms.